The van der Waals surface area contributed by atoms with Crippen molar-refractivity contribution in [3.8, 4) is 11.1 Å². The van der Waals surface area contributed by atoms with Crippen LogP contribution in [0.2, 0.25) is 0 Å². The Morgan fingerprint density at radius 1 is 0.556 bits per heavy atom. The van der Waals surface area contributed by atoms with E-state index in [0.29, 0.717) is 0 Å². The third kappa shape index (κ3) is 4.98. The molecule has 2 aliphatic carbocycles. The number of aryl methyl sites for hydroxylation is 2. The van der Waals surface area contributed by atoms with E-state index in [1.54, 1.807) is 11.3 Å². The van der Waals surface area contributed by atoms with Gasteiger partial charge in [-0.3, -0.25) is 0 Å². The molecule has 0 saturated carbocycles. The lowest BCUT2D eigenvalue weighted by atomic mass is 9.64. The summed E-state index contributed by atoms with van der Waals surface area (Å²) in [6.45, 7) is 2.09. The number of benzene rings is 7. The first-order chi connectivity index (χ1) is 26.3. The minimum absolute atomic E-state index is 0.620. The zero-order valence-corrected chi connectivity index (χ0v) is 31.3. The van der Waals surface area contributed by atoms with Crippen molar-refractivity contribution in [3.63, 3.8) is 0 Å². The van der Waals surface area contributed by atoms with Crippen molar-refractivity contribution in [1.82, 2.24) is 0 Å². The van der Waals surface area contributed by atoms with Gasteiger partial charge in [0.25, 0.3) is 0 Å². The SMILES string of the molecule is CC(N)(c1ccc2c(c1)CCC1=C2CCc2ccccc21)C(N)(c1cccc2c1sc1ccccc12)C(N)c1ccc(-c2cccc3ccccc23)cc1. The minimum Gasteiger partial charge on any atom is -0.322 e. The topological polar surface area (TPSA) is 78.1 Å². The van der Waals surface area contributed by atoms with Crippen molar-refractivity contribution in [1.29, 1.82) is 0 Å². The fourth-order valence-electron chi connectivity index (χ4n) is 9.56. The van der Waals surface area contributed by atoms with Crippen LogP contribution in [0.4, 0.5) is 0 Å². The molecule has 0 bridgehead atoms. The number of hydrogen-bond donors (Lipinski definition) is 3. The molecule has 6 N–H and O–H groups in total. The molecule has 8 aromatic rings. The summed E-state index contributed by atoms with van der Waals surface area (Å²) in [7, 11) is 0. The highest BCUT2D eigenvalue weighted by Gasteiger charge is 2.51. The molecule has 4 heteroatoms. The molecule has 3 unspecified atom stereocenters. The highest BCUT2D eigenvalue weighted by molar-refractivity contribution is 7.26. The molecule has 3 atom stereocenters. The highest BCUT2D eigenvalue weighted by Crippen LogP contribution is 2.51. The van der Waals surface area contributed by atoms with Crippen molar-refractivity contribution >= 4 is 53.4 Å². The summed E-state index contributed by atoms with van der Waals surface area (Å²) < 4.78 is 2.36. The van der Waals surface area contributed by atoms with Gasteiger partial charge in [-0.05, 0) is 111 Å². The van der Waals surface area contributed by atoms with Crippen molar-refractivity contribution in [2.24, 2.45) is 17.2 Å². The quantitative estimate of drug-likeness (QED) is 0.160. The molecular formula is C50H43N3S. The van der Waals surface area contributed by atoms with Crippen LogP contribution in [0.3, 0.4) is 0 Å². The van der Waals surface area contributed by atoms with Gasteiger partial charge >= 0.3 is 0 Å². The molecule has 3 nitrogen and oxygen atoms in total. The van der Waals surface area contributed by atoms with Crippen LogP contribution in [-0.4, -0.2) is 0 Å². The number of fused-ring (bicyclic) bond motifs is 8. The molecule has 1 aromatic heterocycles. The first-order valence-corrected chi connectivity index (χ1v) is 19.9. The van der Waals surface area contributed by atoms with Crippen LogP contribution in [0.25, 0.3) is 53.2 Å². The predicted octanol–water partition coefficient (Wildman–Crippen LogP) is 11.4. The Balaban J connectivity index is 1.11. The van der Waals surface area contributed by atoms with E-state index in [-0.39, 0.29) is 0 Å². The van der Waals surface area contributed by atoms with Gasteiger partial charge in [0.05, 0.1) is 17.1 Å². The van der Waals surface area contributed by atoms with E-state index in [1.807, 2.05) is 0 Å². The molecule has 0 aliphatic heterocycles. The monoisotopic (exact) mass is 717 g/mol. The molecule has 264 valence electrons. The Bertz CT molecular complexity index is 2780. The average molecular weight is 718 g/mol. The number of rotatable bonds is 6. The smallest absolute Gasteiger partial charge is 0.0840 e. The second-order valence-corrected chi connectivity index (χ2v) is 16.5. The first kappa shape index (κ1) is 33.2. The largest absolute Gasteiger partial charge is 0.322 e. The van der Waals surface area contributed by atoms with E-state index in [1.165, 1.54) is 65.2 Å². The maximum atomic E-state index is 8.00. The maximum absolute atomic E-state index is 8.00. The summed E-state index contributed by atoms with van der Waals surface area (Å²) in [5.74, 6) is 0. The molecule has 54 heavy (non-hydrogen) atoms. The Hall–Kier alpha value is -5.36. The lowest BCUT2D eigenvalue weighted by Gasteiger charge is -2.49. The molecule has 0 spiro atoms. The lowest BCUT2D eigenvalue weighted by Crippen LogP contribution is -2.64. The summed E-state index contributed by atoms with van der Waals surface area (Å²) in [6, 6.07) is 53.9. The molecule has 0 fully saturated rings. The highest BCUT2D eigenvalue weighted by atomic mass is 32.1. The van der Waals surface area contributed by atoms with Gasteiger partial charge in [-0.2, -0.15) is 0 Å². The normalized spacial score (nSPS) is 16.7. The van der Waals surface area contributed by atoms with Gasteiger partial charge in [0, 0.05) is 20.2 Å². The zero-order valence-electron chi connectivity index (χ0n) is 30.5. The molecule has 0 radical (unpaired) electrons. The molecule has 2 aliphatic rings. The second-order valence-electron chi connectivity index (χ2n) is 15.5. The summed E-state index contributed by atoms with van der Waals surface area (Å²) >= 11 is 1.77. The minimum atomic E-state index is -1.19. The zero-order chi connectivity index (χ0) is 36.6. The van der Waals surface area contributed by atoms with Crippen molar-refractivity contribution in [2.75, 3.05) is 0 Å². The first-order valence-electron chi connectivity index (χ1n) is 19.1. The molecule has 10 rings (SSSR count). The number of allylic oxidation sites excluding steroid dienone is 2. The standard InChI is InChI=1S/C50H43N3S/c1-49(52,36-26-29-40-35(30-36)25-28-41-39-14-5-3-11-32(39)24-27-42(40)41)50(53,45-18-9-17-44-43-15-6-7-19-46(43)54-47(44)45)48(51)34-22-20-33(21-23-34)38-16-8-12-31-10-2-4-13-37(31)38/h2-23,26,29-30,48H,24-25,27-28,51-53H2,1H3. The fraction of sp³-hybridized carbons (Fsp3) is 0.160. The number of thiophene rings is 1. The van der Waals surface area contributed by atoms with Crippen molar-refractivity contribution in [2.45, 2.75) is 49.7 Å². The third-order valence-electron chi connectivity index (χ3n) is 12.6. The van der Waals surface area contributed by atoms with Crippen LogP contribution >= 0.6 is 11.3 Å². The number of hydrogen-bond acceptors (Lipinski definition) is 4. The average Bonchev–Trinajstić information content (AvgIpc) is 3.61. The van der Waals surface area contributed by atoms with Gasteiger partial charge in [0.15, 0.2) is 0 Å². The van der Waals surface area contributed by atoms with Gasteiger partial charge in [-0.15, -0.1) is 11.3 Å². The summed E-state index contributed by atoms with van der Waals surface area (Å²) in [6.07, 6.45) is 4.14. The lowest BCUT2D eigenvalue weighted by molar-refractivity contribution is 0.200. The molecule has 1 heterocycles. The van der Waals surface area contributed by atoms with E-state index in [0.717, 1.165) is 52.6 Å². The Kier molecular flexibility index (Phi) is 7.76. The van der Waals surface area contributed by atoms with E-state index in [9.17, 15) is 0 Å². The van der Waals surface area contributed by atoms with Crippen LogP contribution in [0, 0.1) is 0 Å². The second kappa shape index (κ2) is 12.6. The summed E-state index contributed by atoms with van der Waals surface area (Å²) in [5.41, 5.74) is 34.9. The van der Waals surface area contributed by atoms with Crippen LogP contribution in [0.5, 0.6) is 0 Å². The van der Waals surface area contributed by atoms with E-state index in [2.05, 4.69) is 159 Å². The van der Waals surface area contributed by atoms with Crippen LogP contribution in [-0.2, 0) is 23.9 Å². The van der Waals surface area contributed by atoms with Gasteiger partial charge < -0.3 is 17.2 Å². The third-order valence-corrected chi connectivity index (χ3v) is 13.8. The van der Waals surface area contributed by atoms with Crippen LogP contribution in [0.15, 0.2) is 152 Å². The van der Waals surface area contributed by atoms with Crippen molar-refractivity contribution in [3.05, 3.63) is 191 Å². The van der Waals surface area contributed by atoms with Crippen molar-refractivity contribution < 1.29 is 0 Å². The molecular weight excluding hydrogens is 675 g/mol. The Morgan fingerprint density at radius 2 is 1.19 bits per heavy atom. The summed E-state index contributed by atoms with van der Waals surface area (Å²) in [4.78, 5) is 0. The van der Waals surface area contributed by atoms with E-state index < -0.39 is 17.1 Å². The van der Waals surface area contributed by atoms with Gasteiger partial charge in [-0.1, -0.05) is 146 Å². The predicted molar refractivity (Wildman–Crippen MR) is 229 cm³/mol. The Labute approximate surface area is 320 Å². The van der Waals surface area contributed by atoms with Crippen LogP contribution < -0.4 is 17.2 Å². The van der Waals surface area contributed by atoms with E-state index >= 15 is 0 Å². The van der Waals surface area contributed by atoms with E-state index in [4.69, 9.17) is 17.2 Å². The van der Waals surface area contributed by atoms with Gasteiger partial charge in [-0.25, -0.2) is 0 Å². The Morgan fingerprint density at radius 3 is 2.02 bits per heavy atom. The fourth-order valence-corrected chi connectivity index (χ4v) is 10.8. The van der Waals surface area contributed by atoms with Gasteiger partial charge in [0.1, 0.15) is 0 Å². The molecule has 7 aromatic carbocycles. The maximum Gasteiger partial charge on any atom is 0.0840 e. The molecule has 0 saturated heterocycles. The summed E-state index contributed by atoms with van der Waals surface area (Å²) in [5, 5.41) is 4.85. The molecule has 0 amide bonds. The van der Waals surface area contributed by atoms with Gasteiger partial charge in [0.2, 0.25) is 0 Å². The number of nitrogens with two attached hydrogens (primary N) is 3. The van der Waals surface area contributed by atoms with Crippen LogP contribution in [0.1, 0.15) is 64.8 Å².